The van der Waals surface area contributed by atoms with Crippen LogP contribution in [-0.4, -0.2) is 33.1 Å². The summed E-state index contributed by atoms with van der Waals surface area (Å²) in [6.45, 7) is 4.80. The predicted octanol–water partition coefficient (Wildman–Crippen LogP) is 2.68. The van der Waals surface area contributed by atoms with Crippen molar-refractivity contribution in [2.24, 2.45) is 5.41 Å². The molecule has 2 aromatic rings. The summed E-state index contributed by atoms with van der Waals surface area (Å²) in [5.74, 6) is 0.560. The summed E-state index contributed by atoms with van der Waals surface area (Å²) < 4.78 is 0. The molecule has 7 heteroatoms. The molecule has 0 atom stereocenters. The number of nitrogens with zero attached hydrogens (tertiary/aromatic N) is 2. The highest BCUT2D eigenvalue weighted by Crippen LogP contribution is 2.26. The lowest BCUT2D eigenvalue weighted by atomic mass is 9.83. The molecule has 114 valence electrons. The molecular weight excluding hydrogens is 272 g/mol. The quantitative estimate of drug-likeness (QED) is 0.537. The Morgan fingerprint density at radius 3 is 2.71 bits per heavy atom. The Bertz CT molecular complexity index is 626. The lowest BCUT2D eigenvalue weighted by molar-refractivity contribution is -0.384. The number of aromatic nitrogens is 2. The first-order valence-electron chi connectivity index (χ1n) is 7.02. The lowest BCUT2D eigenvalue weighted by Gasteiger charge is -2.29. The first kappa shape index (κ1) is 15.2. The highest BCUT2D eigenvalue weighted by molar-refractivity contribution is 5.79. The predicted molar refractivity (Wildman–Crippen MR) is 81.3 cm³/mol. The van der Waals surface area contributed by atoms with Gasteiger partial charge in [0.2, 0.25) is 5.95 Å². The van der Waals surface area contributed by atoms with E-state index < -0.39 is 4.92 Å². The van der Waals surface area contributed by atoms with Crippen LogP contribution in [0.3, 0.4) is 0 Å². The number of aliphatic hydroxyl groups is 1. The second-order valence-electron chi connectivity index (χ2n) is 5.26. The Balaban J connectivity index is 2.18. The van der Waals surface area contributed by atoms with Gasteiger partial charge in [0, 0.05) is 24.1 Å². The van der Waals surface area contributed by atoms with Crippen LogP contribution in [0.4, 0.5) is 11.6 Å². The van der Waals surface area contributed by atoms with E-state index in [4.69, 9.17) is 0 Å². The van der Waals surface area contributed by atoms with E-state index in [1.54, 1.807) is 6.07 Å². The maximum atomic E-state index is 10.8. The maximum Gasteiger partial charge on any atom is 0.271 e. The number of fused-ring (bicyclic) bond motifs is 1. The van der Waals surface area contributed by atoms with Gasteiger partial charge in [0.25, 0.3) is 5.69 Å². The Labute approximate surface area is 122 Å². The van der Waals surface area contributed by atoms with E-state index in [0.717, 1.165) is 12.8 Å². The van der Waals surface area contributed by atoms with Crippen LogP contribution in [-0.2, 0) is 0 Å². The molecule has 0 radical (unpaired) electrons. The Morgan fingerprint density at radius 1 is 1.43 bits per heavy atom. The number of rotatable bonds is 7. The van der Waals surface area contributed by atoms with E-state index in [1.807, 2.05) is 13.8 Å². The number of imidazole rings is 1. The van der Waals surface area contributed by atoms with Crippen molar-refractivity contribution in [2.45, 2.75) is 26.7 Å². The van der Waals surface area contributed by atoms with Gasteiger partial charge in [-0.25, -0.2) is 4.98 Å². The molecule has 0 unspecified atom stereocenters. The van der Waals surface area contributed by atoms with Gasteiger partial charge in [0.05, 0.1) is 22.6 Å². The van der Waals surface area contributed by atoms with E-state index in [1.165, 1.54) is 12.1 Å². The second kappa shape index (κ2) is 6.09. The number of nitrogens with one attached hydrogen (secondary N) is 2. The maximum absolute atomic E-state index is 10.8. The van der Waals surface area contributed by atoms with Gasteiger partial charge < -0.3 is 15.4 Å². The molecule has 0 saturated carbocycles. The van der Waals surface area contributed by atoms with Gasteiger partial charge in [-0.15, -0.1) is 0 Å². The zero-order valence-corrected chi connectivity index (χ0v) is 12.2. The summed E-state index contributed by atoms with van der Waals surface area (Å²) in [7, 11) is 0. The van der Waals surface area contributed by atoms with Crippen LogP contribution in [0.2, 0.25) is 0 Å². The number of nitro benzene ring substituents is 1. The van der Waals surface area contributed by atoms with Gasteiger partial charge in [0.1, 0.15) is 0 Å². The molecule has 1 aromatic heterocycles. The monoisotopic (exact) mass is 292 g/mol. The summed E-state index contributed by atoms with van der Waals surface area (Å²) in [6.07, 6.45) is 1.72. The Morgan fingerprint density at radius 2 is 2.14 bits per heavy atom. The molecule has 0 aliphatic carbocycles. The van der Waals surface area contributed by atoms with Crippen molar-refractivity contribution in [3.05, 3.63) is 28.3 Å². The van der Waals surface area contributed by atoms with Gasteiger partial charge in [-0.2, -0.15) is 0 Å². The number of anilines is 1. The van der Waals surface area contributed by atoms with Gasteiger partial charge in [-0.3, -0.25) is 10.1 Å². The van der Waals surface area contributed by atoms with Gasteiger partial charge in [-0.05, 0) is 18.9 Å². The van der Waals surface area contributed by atoms with Crippen molar-refractivity contribution in [1.29, 1.82) is 0 Å². The van der Waals surface area contributed by atoms with Gasteiger partial charge in [0.15, 0.2) is 0 Å². The average molecular weight is 292 g/mol. The van der Waals surface area contributed by atoms with Crippen molar-refractivity contribution in [1.82, 2.24) is 9.97 Å². The molecule has 1 aromatic carbocycles. The fraction of sp³-hybridized carbons (Fsp3) is 0.500. The number of H-pyrrole nitrogens is 1. The normalized spacial score (nSPS) is 11.8. The number of hydrogen-bond acceptors (Lipinski definition) is 5. The molecule has 1 heterocycles. The summed E-state index contributed by atoms with van der Waals surface area (Å²) in [6, 6.07) is 4.52. The van der Waals surface area contributed by atoms with Crippen LogP contribution < -0.4 is 5.32 Å². The minimum absolute atomic E-state index is 0.0320. The van der Waals surface area contributed by atoms with Gasteiger partial charge >= 0.3 is 0 Å². The highest BCUT2D eigenvalue weighted by Gasteiger charge is 2.25. The van der Waals surface area contributed by atoms with E-state index in [-0.39, 0.29) is 17.7 Å². The topological polar surface area (TPSA) is 104 Å². The number of nitro groups is 1. The first-order valence-corrected chi connectivity index (χ1v) is 7.02. The molecular formula is C14H20N4O3. The molecule has 2 rings (SSSR count). The molecule has 0 saturated heterocycles. The third kappa shape index (κ3) is 3.13. The largest absolute Gasteiger partial charge is 0.396 e. The SMILES string of the molecule is CCC(CC)(CO)CNc1nc2ccc([N+](=O)[O-])cc2[nH]1. The molecule has 3 N–H and O–H groups in total. The van der Waals surface area contributed by atoms with Crippen molar-refractivity contribution in [3.63, 3.8) is 0 Å². The summed E-state index contributed by atoms with van der Waals surface area (Å²) in [5, 5.41) is 23.5. The van der Waals surface area contributed by atoms with Crippen LogP contribution in [0.5, 0.6) is 0 Å². The Hall–Kier alpha value is -2.15. The van der Waals surface area contributed by atoms with Crippen molar-refractivity contribution >= 4 is 22.7 Å². The molecule has 0 aliphatic rings. The van der Waals surface area contributed by atoms with E-state index in [2.05, 4.69) is 15.3 Å². The number of hydrogen-bond donors (Lipinski definition) is 3. The minimum atomic E-state index is -0.432. The minimum Gasteiger partial charge on any atom is -0.396 e. The molecule has 7 nitrogen and oxygen atoms in total. The first-order chi connectivity index (χ1) is 10.0. The van der Waals surface area contributed by atoms with E-state index in [0.29, 0.717) is 23.5 Å². The number of benzene rings is 1. The smallest absolute Gasteiger partial charge is 0.271 e. The molecule has 0 fully saturated rings. The zero-order chi connectivity index (χ0) is 15.5. The van der Waals surface area contributed by atoms with Crippen LogP contribution >= 0.6 is 0 Å². The summed E-state index contributed by atoms with van der Waals surface area (Å²) >= 11 is 0. The molecule has 0 aliphatic heterocycles. The third-order valence-corrected chi connectivity index (χ3v) is 4.14. The van der Waals surface area contributed by atoms with Crippen molar-refractivity contribution in [3.8, 4) is 0 Å². The molecule has 0 spiro atoms. The number of aromatic amines is 1. The van der Waals surface area contributed by atoms with Crippen LogP contribution in [0.25, 0.3) is 11.0 Å². The number of non-ortho nitro benzene ring substituents is 1. The van der Waals surface area contributed by atoms with Crippen LogP contribution in [0, 0.1) is 15.5 Å². The lowest BCUT2D eigenvalue weighted by Crippen LogP contribution is -2.32. The summed E-state index contributed by atoms with van der Waals surface area (Å²) in [5.41, 5.74) is 1.15. The fourth-order valence-electron chi connectivity index (χ4n) is 2.25. The van der Waals surface area contributed by atoms with Crippen LogP contribution in [0.15, 0.2) is 18.2 Å². The van der Waals surface area contributed by atoms with Gasteiger partial charge in [-0.1, -0.05) is 13.8 Å². The van der Waals surface area contributed by atoms with E-state index >= 15 is 0 Å². The standard InChI is InChI=1S/C14H20N4O3/c1-3-14(4-2,9-19)8-15-13-16-11-6-5-10(18(20)21)7-12(11)17-13/h5-7,19H,3-4,8-9H2,1-2H3,(H2,15,16,17). The highest BCUT2D eigenvalue weighted by atomic mass is 16.6. The average Bonchev–Trinajstić information content (AvgIpc) is 2.91. The molecule has 0 amide bonds. The van der Waals surface area contributed by atoms with Crippen LogP contribution in [0.1, 0.15) is 26.7 Å². The molecule has 0 bridgehead atoms. The second-order valence-corrected chi connectivity index (χ2v) is 5.26. The summed E-state index contributed by atoms with van der Waals surface area (Å²) in [4.78, 5) is 17.7. The van der Waals surface area contributed by atoms with E-state index in [9.17, 15) is 15.2 Å². The Kier molecular flexibility index (Phi) is 4.42. The molecule has 21 heavy (non-hydrogen) atoms. The number of aliphatic hydroxyl groups excluding tert-OH is 1. The zero-order valence-electron chi connectivity index (χ0n) is 12.2. The van der Waals surface area contributed by atoms with Crippen molar-refractivity contribution in [2.75, 3.05) is 18.5 Å². The fourth-order valence-corrected chi connectivity index (χ4v) is 2.25. The van der Waals surface area contributed by atoms with Crippen molar-refractivity contribution < 1.29 is 10.0 Å². The third-order valence-electron chi connectivity index (χ3n) is 4.14.